The molecule has 1 nitrogen and oxygen atoms in total. The highest BCUT2D eigenvalue weighted by Crippen LogP contribution is 2.09. The Balaban J connectivity index is 0.000000371. The molecule has 0 atom stereocenters. The smallest absolute Gasteiger partial charge is 0.00869 e. The van der Waals surface area contributed by atoms with E-state index >= 15 is 0 Å². The van der Waals surface area contributed by atoms with Crippen LogP contribution in [-0.4, -0.2) is 17.4 Å². The van der Waals surface area contributed by atoms with E-state index in [2.05, 4.69) is 17.1 Å². The standard InChI is InChI=1S/C6H13NS.C2H6/c8-7-5-3-1-2-4-6-7;1-2/h8H,1-6H2;1-2H3. The molecule has 0 radical (unpaired) electrons. The zero-order chi connectivity index (χ0) is 7.82. The van der Waals surface area contributed by atoms with Crippen LogP contribution in [0.1, 0.15) is 39.5 Å². The topological polar surface area (TPSA) is 3.24 Å². The van der Waals surface area contributed by atoms with Gasteiger partial charge in [0.15, 0.2) is 0 Å². The maximum Gasteiger partial charge on any atom is 0.00869 e. The summed E-state index contributed by atoms with van der Waals surface area (Å²) in [6, 6.07) is 0. The number of hydrogen-bond donors (Lipinski definition) is 1. The van der Waals surface area contributed by atoms with Crippen molar-refractivity contribution >= 4 is 12.8 Å². The van der Waals surface area contributed by atoms with Crippen molar-refractivity contribution in [3.63, 3.8) is 0 Å². The van der Waals surface area contributed by atoms with E-state index in [4.69, 9.17) is 0 Å². The van der Waals surface area contributed by atoms with Gasteiger partial charge >= 0.3 is 0 Å². The molecule has 1 rings (SSSR count). The number of hydrogen-bond acceptors (Lipinski definition) is 2. The summed E-state index contributed by atoms with van der Waals surface area (Å²) in [5.41, 5.74) is 0. The molecule has 1 saturated heterocycles. The van der Waals surface area contributed by atoms with E-state index in [0.717, 1.165) is 0 Å². The van der Waals surface area contributed by atoms with Crippen molar-refractivity contribution in [2.45, 2.75) is 39.5 Å². The third-order valence-corrected chi connectivity index (χ3v) is 1.98. The van der Waals surface area contributed by atoms with Gasteiger partial charge in [-0.1, -0.05) is 39.5 Å². The molecule has 10 heavy (non-hydrogen) atoms. The molecule has 1 aliphatic heterocycles. The zero-order valence-corrected chi connectivity index (χ0v) is 8.03. The summed E-state index contributed by atoms with van der Waals surface area (Å²) in [7, 11) is 0. The SMILES string of the molecule is CC.SN1CCCCCC1. The van der Waals surface area contributed by atoms with Crippen molar-refractivity contribution in [2.75, 3.05) is 13.1 Å². The molecule has 2 heteroatoms. The third kappa shape index (κ3) is 5.12. The van der Waals surface area contributed by atoms with Crippen LogP contribution in [-0.2, 0) is 0 Å². The normalized spacial score (nSPS) is 20.7. The highest BCUT2D eigenvalue weighted by molar-refractivity contribution is 7.77. The van der Waals surface area contributed by atoms with Crippen LogP contribution in [0, 0.1) is 0 Å². The highest BCUT2D eigenvalue weighted by Gasteiger charge is 2.02. The number of thiol groups is 1. The molecule has 0 aromatic rings. The van der Waals surface area contributed by atoms with Crippen LogP contribution in [0.3, 0.4) is 0 Å². The van der Waals surface area contributed by atoms with Gasteiger partial charge in [0.1, 0.15) is 0 Å². The Labute approximate surface area is 70.3 Å². The van der Waals surface area contributed by atoms with E-state index in [1.54, 1.807) is 0 Å². The van der Waals surface area contributed by atoms with E-state index in [-0.39, 0.29) is 0 Å². The second-order valence-electron chi connectivity index (χ2n) is 2.37. The first-order chi connectivity index (χ1) is 4.89. The van der Waals surface area contributed by atoms with Gasteiger partial charge in [-0.3, -0.25) is 4.31 Å². The maximum absolute atomic E-state index is 4.26. The summed E-state index contributed by atoms with van der Waals surface area (Å²) in [4.78, 5) is 0. The minimum absolute atomic E-state index is 1.18. The molecule has 0 aromatic carbocycles. The molecule has 62 valence electrons. The van der Waals surface area contributed by atoms with Crippen LogP contribution < -0.4 is 0 Å². The minimum Gasteiger partial charge on any atom is -0.253 e. The first-order valence-electron chi connectivity index (χ1n) is 4.33. The Morgan fingerprint density at radius 3 is 1.70 bits per heavy atom. The predicted octanol–water partition coefficient (Wildman–Crippen LogP) is 2.73. The van der Waals surface area contributed by atoms with Gasteiger partial charge in [0.2, 0.25) is 0 Å². The maximum atomic E-state index is 4.26. The van der Waals surface area contributed by atoms with Crippen molar-refractivity contribution in [1.82, 2.24) is 4.31 Å². The van der Waals surface area contributed by atoms with E-state index in [1.165, 1.54) is 38.8 Å². The van der Waals surface area contributed by atoms with Crippen molar-refractivity contribution in [1.29, 1.82) is 0 Å². The van der Waals surface area contributed by atoms with Crippen LogP contribution >= 0.6 is 12.8 Å². The lowest BCUT2D eigenvalue weighted by Crippen LogP contribution is -2.11. The van der Waals surface area contributed by atoms with Gasteiger partial charge in [-0.15, -0.1) is 0 Å². The average Bonchev–Trinajstić information content (AvgIpc) is 2.21. The lowest BCUT2D eigenvalue weighted by Gasteiger charge is -2.08. The summed E-state index contributed by atoms with van der Waals surface area (Å²) in [6.07, 6.45) is 5.47. The molecule has 0 N–H and O–H groups in total. The molecule has 1 aliphatic rings. The molecule has 1 heterocycles. The fraction of sp³-hybridized carbons (Fsp3) is 1.00. The largest absolute Gasteiger partial charge is 0.253 e. The van der Waals surface area contributed by atoms with Crippen molar-refractivity contribution < 1.29 is 0 Å². The lowest BCUT2D eigenvalue weighted by atomic mass is 10.2. The van der Waals surface area contributed by atoms with Gasteiger partial charge in [0.25, 0.3) is 0 Å². The quantitative estimate of drug-likeness (QED) is 0.535. The third-order valence-electron chi connectivity index (χ3n) is 1.58. The monoisotopic (exact) mass is 161 g/mol. The van der Waals surface area contributed by atoms with Crippen LogP contribution in [0.4, 0.5) is 0 Å². The van der Waals surface area contributed by atoms with Crippen LogP contribution in [0.15, 0.2) is 0 Å². The summed E-state index contributed by atoms with van der Waals surface area (Å²) in [5.74, 6) is 0. The minimum atomic E-state index is 1.18. The van der Waals surface area contributed by atoms with Gasteiger partial charge in [-0.05, 0) is 12.8 Å². The summed E-state index contributed by atoms with van der Waals surface area (Å²) in [6.45, 7) is 6.37. The molecule has 0 aromatic heterocycles. The van der Waals surface area contributed by atoms with E-state index in [9.17, 15) is 0 Å². The molecular formula is C8H19NS. The highest BCUT2D eigenvalue weighted by atomic mass is 32.1. The van der Waals surface area contributed by atoms with Crippen LogP contribution in [0.5, 0.6) is 0 Å². The Bertz CT molecular complexity index is 58.3. The fourth-order valence-electron chi connectivity index (χ4n) is 1.05. The lowest BCUT2D eigenvalue weighted by molar-refractivity contribution is 0.495. The van der Waals surface area contributed by atoms with Gasteiger partial charge < -0.3 is 0 Å². The van der Waals surface area contributed by atoms with Crippen LogP contribution in [0.2, 0.25) is 0 Å². The summed E-state index contributed by atoms with van der Waals surface area (Å²) in [5, 5.41) is 0. The van der Waals surface area contributed by atoms with Gasteiger partial charge in [-0.25, -0.2) is 0 Å². The van der Waals surface area contributed by atoms with Crippen LogP contribution in [0.25, 0.3) is 0 Å². The molecule has 0 saturated carbocycles. The second kappa shape index (κ2) is 7.42. The number of nitrogens with zero attached hydrogens (tertiary/aromatic N) is 1. The Morgan fingerprint density at radius 1 is 0.900 bits per heavy atom. The average molecular weight is 161 g/mol. The molecule has 0 amide bonds. The van der Waals surface area contributed by atoms with Crippen molar-refractivity contribution in [3.05, 3.63) is 0 Å². The Kier molecular flexibility index (Phi) is 7.65. The van der Waals surface area contributed by atoms with E-state index in [0.29, 0.717) is 0 Å². The molecule has 1 fully saturated rings. The zero-order valence-electron chi connectivity index (χ0n) is 7.14. The second-order valence-corrected chi connectivity index (χ2v) is 2.93. The van der Waals surface area contributed by atoms with E-state index < -0.39 is 0 Å². The molecule has 0 spiro atoms. The Morgan fingerprint density at radius 2 is 1.30 bits per heavy atom. The molecule has 0 bridgehead atoms. The van der Waals surface area contributed by atoms with Crippen molar-refractivity contribution in [3.8, 4) is 0 Å². The molecular weight excluding hydrogens is 142 g/mol. The first kappa shape index (κ1) is 10.3. The fourth-order valence-corrected chi connectivity index (χ4v) is 1.34. The molecule has 0 aliphatic carbocycles. The van der Waals surface area contributed by atoms with Gasteiger partial charge in [0, 0.05) is 13.1 Å². The van der Waals surface area contributed by atoms with E-state index in [1.807, 2.05) is 13.8 Å². The molecule has 0 unspecified atom stereocenters. The van der Waals surface area contributed by atoms with Gasteiger partial charge in [0.05, 0.1) is 0 Å². The van der Waals surface area contributed by atoms with Crippen molar-refractivity contribution in [2.24, 2.45) is 0 Å². The number of rotatable bonds is 0. The first-order valence-corrected chi connectivity index (χ1v) is 4.73. The summed E-state index contributed by atoms with van der Waals surface area (Å²) >= 11 is 4.26. The summed E-state index contributed by atoms with van der Waals surface area (Å²) < 4.78 is 2.12. The Hall–Kier alpha value is 0.310. The predicted molar refractivity (Wildman–Crippen MR) is 50.4 cm³/mol. The van der Waals surface area contributed by atoms with Gasteiger partial charge in [-0.2, -0.15) is 0 Å².